The Morgan fingerprint density at radius 2 is 1.00 bits per heavy atom. The predicted octanol–water partition coefficient (Wildman–Crippen LogP) is 11.5. The van der Waals surface area contributed by atoms with Crippen LogP contribution < -0.4 is 5.73 Å². The molecule has 0 fully saturated rings. The molecule has 3 atom stereocenters. The van der Waals surface area contributed by atoms with E-state index in [9.17, 15) is 23.8 Å². The molecule has 11 nitrogen and oxygen atoms in total. The van der Waals surface area contributed by atoms with Crippen LogP contribution in [0.25, 0.3) is 0 Å². The Morgan fingerprint density at radius 1 is 0.552 bits per heavy atom. The first kappa shape index (κ1) is 54.7. The number of carboxylic acids is 1. The number of unbranched alkanes of at least 4 members (excludes halogenated alkanes) is 11. The van der Waals surface area contributed by atoms with Gasteiger partial charge in [0.05, 0.1) is 13.2 Å². The minimum Gasteiger partial charge on any atom is -0.480 e. The zero-order chi connectivity index (χ0) is 42.8. The summed E-state index contributed by atoms with van der Waals surface area (Å²) in [6.45, 7) is 2.58. The number of carboxylic acid groups (broad SMARTS) is 1. The highest BCUT2D eigenvalue weighted by Gasteiger charge is 2.28. The smallest absolute Gasteiger partial charge is 0.472 e. The molecule has 58 heavy (non-hydrogen) atoms. The van der Waals surface area contributed by atoms with E-state index in [0.717, 1.165) is 57.8 Å². The number of carbonyl (C=O) groups is 3. The Bertz CT molecular complexity index is 1300. The lowest BCUT2D eigenvalue weighted by Crippen LogP contribution is -2.34. The molecule has 0 aliphatic heterocycles. The molecule has 0 heterocycles. The average molecular weight is 834 g/mol. The van der Waals surface area contributed by atoms with Crippen LogP contribution in [0.1, 0.15) is 155 Å². The first-order valence-electron chi connectivity index (χ1n) is 21.6. The van der Waals surface area contributed by atoms with Crippen molar-refractivity contribution < 1.29 is 47.5 Å². The van der Waals surface area contributed by atoms with Gasteiger partial charge in [0.15, 0.2) is 6.10 Å². The van der Waals surface area contributed by atoms with E-state index in [1.165, 1.54) is 51.4 Å². The number of hydrogen-bond donors (Lipinski definition) is 3. The maximum absolute atomic E-state index is 12.6. The summed E-state index contributed by atoms with van der Waals surface area (Å²) in [6, 6.07) is -1.54. The van der Waals surface area contributed by atoms with Crippen LogP contribution in [0.3, 0.4) is 0 Å². The average Bonchev–Trinajstić information content (AvgIpc) is 3.20. The fraction of sp³-hybridized carbons (Fsp3) is 0.630. The third kappa shape index (κ3) is 39.5. The predicted molar refractivity (Wildman–Crippen MR) is 235 cm³/mol. The number of esters is 2. The lowest BCUT2D eigenvalue weighted by molar-refractivity contribution is -0.161. The van der Waals surface area contributed by atoms with E-state index in [2.05, 4.69) is 85.2 Å². The summed E-state index contributed by atoms with van der Waals surface area (Å²) in [5, 5.41) is 8.89. The molecule has 0 amide bonds. The Morgan fingerprint density at radius 3 is 1.52 bits per heavy atom. The number of aliphatic carboxylic acids is 1. The summed E-state index contributed by atoms with van der Waals surface area (Å²) in [7, 11) is -4.74. The largest absolute Gasteiger partial charge is 0.480 e. The minimum atomic E-state index is -4.74. The van der Waals surface area contributed by atoms with Crippen LogP contribution in [0.5, 0.6) is 0 Å². The summed E-state index contributed by atoms with van der Waals surface area (Å²) < 4.78 is 32.6. The van der Waals surface area contributed by atoms with Crippen molar-refractivity contribution in [3.63, 3.8) is 0 Å². The summed E-state index contributed by atoms with van der Waals surface area (Å²) in [5.41, 5.74) is 5.33. The van der Waals surface area contributed by atoms with Gasteiger partial charge in [-0.3, -0.25) is 23.4 Å². The van der Waals surface area contributed by atoms with Crippen molar-refractivity contribution in [2.75, 3.05) is 19.8 Å². The highest BCUT2D eigenvalue weighted by atomic mass is 31.2. The van der Waals surface area contributed by atoms with Gasteiger partial charge in [-0.1, -0.05) is 150 Å². The van der Waals surface area contributed by atoms with Crippen LogP contribution in [-0.4, -0.2) is 59.9 Å². The fourth-order valence-corrected chi connectivity index (χ4v) is 6.04. The van der Waals surface area contributed by atoms with Crippen molar-refractivity contribution in [2.24, 2.45) is 5.73 Å². The Balaban J connectivity index is 4.52. The summed E-state index contributed by atoms with van der Waals surface area (Å²) in [6.07, 6.45) is 49.5. The van der Waals surface area contributed by atoms with E-state index in [1.807, 2.05) is 18.2 Å². The molecule has 12 heteroatoms. The van der Waals surface area contributed by atoms with Crippen LogP contribution in [-0.2, 0) is 37.5 Å². The standard InChI is InChI=1S/C46H76NO10P/c1-3-5-7-9-11-13-15-17-19-20-21-22-24-26-28-30-32-34-36-38-45(49)57-42(40-55-58(52,53)56-41-43(47)46(50)51)39-54-44(48)37-35-33-31-29-27-25-23-18-16-14-12-10-8-6-4-2/h5,7,11,13-14,16-17,19,21-22,26,28,32,34,42-43H,3-4,6,8-10,12,15,18,20,23-25,27,29-31,33,35-41,47H2,1-2H3,(H,50,51)(H,52,53)/b7-5+,13-11+,16-14+,19-17+,22-21+,28-26+,34-32+/t42-,43+/m1/s1. The van der Waals surface area contributed by atoms with Crippen molar-refractivity contribution in [1.29, 1.82) is 0 Å². The quantitative estimate of drug-likeness (QED) is 0.0233. The van der Waals surface area contributed by atoms with Crippen LogP contribution in [0, 0.1) is 0 Å². The van der Waals surface area contributed by atoms with Gasteiger partial charge >= 0.3 is 25.7 Å². The molecule has 0 aromatic carbocycles. The topological polar surface area (TPSA) is 172 Å². The lowest BCUT2D eigenvalue weighted by atomic mass is 10.1. The molecule has 0 bridgehead atoms. The molecule has 0 radical (unpaired) electrons. The molecule has 0 aromatic heterocycles. The number of allylic oxidation sites excluding steroid dienone is 14. The van der Waals surface area contributed by atoms with Crippen molar-refractivity contribution in [2.45, 2.75) is 167 Å². The fourth-order valence-electron chi connectivity index (χ4n) is 5.26. The second-order valence-electron chi connectivity index (χ2n) is 14.1. The van der Waals surface area contributed by atoms with Crippen LogP contribution in [0.2, 0.25) is 0 Å². The summed E-state index contributed by atoms with van der Waals surface area (Å²) in [5.74, 6) is -2.50. The van der Waals surface area contributed by atoms with Gasteiger partial charge in [-0.25, -0.2) is 4.57 Å². The van der Waals surface area contributed by atoms with Gasteiger partial charge in [0, 0.05) is 12.8 Å². The first-order chi connectivity index (χ1) is 28.1. The van der Waals surface area contributed by atoms with Gasteiger partial charge in [-0.2, -0.15) is 0 Å². The molecular weight excluding hydrogens is 757 g/mol. The van der Waals surface area contributed by atoms with Gasteiger partial charge < -0.3 is 25.2 Å². The minimum absolute atomic E-state index is 0.0309. The number of nitrogens with two attached hydrogens (primary N) is 1. The van der Waals surface area contributed by atoms with Crippen molar-refractivity contribution in [3.05, 3.63) is 85.1 Å². The first-order valence-corrected chi connectivity index (χ1v) is 23.1. The van der Waals surface area contributed by atoms with Crippen LogP contribution in [0.15, 0.2) is 85.1 Å². The second kappa shape index (κ2) is 40.4. The Kier molecular flexibility index (Phi) is 38.1. The van der Waals surface area contributed by atoms with Gasteiger partial charge in [-0.15, -0.1) is 0 Å². The van der Waals surface area contributed by atoms with E-state index >= 15 is 0 Å². The number of ether oxygens (including phenoxy) is 2. The van der Waals surface area contributed by atoms with Crippen LogP contribution >= 0.6 is 7.82 Å². The van der Waals surface area contributed by atoms with E-state index in [0.29, 0.717) is 19.3 Å². The zero-order valence-electron chi connectivity index (χ0n) is 35.6. The monoisotopic (exact) mass is 834 g/mol. The molecule has 0 aliphatic carbocycles. The third-order valence-corrected chi connectivity index (χ3v) is 9.59. The van der Waals surface area contributed by atoms with Crippen molar-refractivity contribution in [3.8, 4) is 0 Å². The molecule has 0 spiro atoms. The molecule has 4 N–H and O–H groups in total. The number of hydrogen-bond acceptors (Lipinski definition) is 9. The van der Waals surface area contributed by atoms with Crippen molar-refractivity contribution >= 4 is 25.7 Å². The number of phosphoric ester groups is 1. The summed E-state index contributed by atoms with van der Waals surface area (Å²) >= 11 is 0. The number of phosphoric acid groups is 1. The lowest BCUT2D eigenvalue weighted by Gasteiger charge is -2.20. The normalized spacial score (nSPS) is 14.6. The Labute approximate surface area is 350 Å². The van der Waals surface area contributed by atoms with Crippen LogP contribution in [0.4, 0.5) is 0 Å². The third-order valence-electron chi connectivity index (χ3n) is 8.64. The van der Waals surface area contributed by atoms with Gasteiger partial charge in [0.2, 0.25) is 0 Å². The highest BCUT2D eigenvalue weighted by Crippen LogP contribution is 2.43. The van der Waals surface area contributed by atoms with E-state index < -0.39 is 51.1 Å². The van der Waals surface area contributed by atoms with Gasteiger partial charge in [-0.05, 0) is 77.0 Å². The molecule has 0 aromatic rings. The molecule has 330 valence electrons. The summed E-state index contributed by atoms with van der Waals surface area (Å²) in [4.78, 5) is 45.9. The molecule has 0 saturated carbocycles. The molecule has 0 aliphatic rings. The Hall–Kier alpha value is -3.34. The zero-order valence-corrected chi connectivity index (χ0v) is 36.5. The molecule has 1 unspecified atom stereocenters. The second-order valence-corrected chi connectivity index (χ2v) is 15.5. The van der Waals surface area contributed by atoms with Gasteiger partial charge in [0.25, 0.3) is 0 Å². The van der Waals surface area contributed by atoms with E-state index in [-0.39, 0.29) is 19.4 Å². The van der Waals surface area contributed by atoms with Crippen molar-refractivity contribution in [1.82, 2.24) is 0 Å². The number of rotatable bonds is 39. The van der Waals surface area contributed by atoms with Gasteiger partial charge in [0.1, 0.15) is 12.6 Å². The molecule has 0 rings (SSSR count). The number of carbonyl (C=O) groups excluding carboxylic acids is 2. The van der Waals surface area contributed by atoms with E-state index in [4.69, 9.17) is 24.8 Å². The highest BCUT2D eigenvalue weighted by molar-refractivity contribution is 7.47. The molecular formula is C46H76NO10P. The SMILES string of the molecule is CC/C=C/C/C=C/C/C=C/C/C=C/C/C=C/C/C=C/CCC(=O)O[C@H](COC(=O)CCCCCCCCC/C=C/CCCCCC)COP(=O)(O)OC[C@H](N)C(=O)O. The molecule has 0 saturated heterocycles. The van der Waals surface area contributed by atoms with E-state index in [1.54, 1.807) is 0 Å². The maximum Gasteiger partial charge on any atom is 0.472 e. The maximum atomic E-state index is 12.6.